The molecular weight excluding hydrogens is 248 g/mol. The molecule has 0 aliphatic heterocycles. The summed E-state index contributed by atoms with van der Waals surface area (Å²) in [6.45, 7) is 6.00. The minimum absolute atomic E-state index is 0. The number of rotatable bonds is 0. The van der Waals surface area contributed by atoms with Crippen LogP contribution in [-0.4, -0.2) is 4.98 Å². The van der Waals surface area contributed by atoms with Crippen LogP contribution in [0.5, 0.6) is 0 Å². The SMILES string of the molecule is C.CC.Cc1ccc2nc(N)oc2c1.c1ccccc1. The molecule has 0 fully saturated rings. The molecule has 0 saturated carbocycles. The first kappa shape index (κ1) is 17.7. The van der Waals surface area contributed by atoms with Crippen LogP contribution in [0.4, 0.5) is 6.01 Å². The van der Waals surface area contributed by atoms with E-state index in [1.54, 1.807) is 0 Å². The molecule has 3 rings (SSSR count). The highest BCUT2D eigenvalue weighted by atomic mass is 16.4. The zero-order valence-corrected chi connectivity index (χ0v) is 11.6. The highest BCUT2D eigenvalue weighted by Crippen LogP contribution is 2.17. The van der Waals surface area contributed by atoms with Crippen molar-refractivity contribution < 1.29 is 4.42 Å². The Kier molecular flexibility index (Phi) is 8.51. The number of nitrogens with zero attached hydrogens (tertiary/aromatic N) is 1. The highest BCUT2D eigenvalue weighted by Gasteiger charge is 2.00. The summed E-state index contributed by atoms with van der Waals surface area (Å²) >= 11 is 0. The van der Waals surface area contributed by atoms with Crippen LogP contribution < -0.4 is 5.73 Å². The van der Waals surface area contributed by atoms with Gasteiger partial charge in [-0.1, -0.05) is 63.7 Å². The number of hydrogen-bond donors (Lipinski definition) is 1. The van der Waals surface area contributed by atoms with E-state index in [0.29, 0.717) is 0 Å². The van der Waals surface area contributed by atoms with Gasteiger partial charge in [-0.25, -0.2) is 0 Å². The van der Waals surface area contributed by atoms with E-state index < -0.39 is 0 Å². The van der Waals surface area contributed by atoms with Crippen molar-refractivity contribution in [2.45, 2.75) is 28.2 Å². The third kappa shape index (κ3) is 5.57. The van der Waals surface area contributed by atoms with Gasteiger partial charge in [-0.2, -0.15) is 4.98 Å². The van der Waals surface area contributed by atoms with Crippen LogP contribution in [0.1, 0.15) is 26.8 Å². The number of hydrogen-bond acceptors (Lipinski definition) is 3. The Balaban J connectivity index is 0.000000345. The van der Waals surface area contributed by atoms with Crippen LogP contribution >= 0.6 is 0 Å². The average molecular weight is 272 g/mol. The van der Waals surface area contributed by atoms with Crippen molar-refractivity contribution in [2.75, 3.05) is 5.73 Å². The molecule has 0 radical (unpaired) electrons. The molecule has 0 spiro atoms. The Bertz CT molecular complexity index is 562. The van der Waals surface area contributed by atoms with E-state index in [1.165, 1.54) is 0 Å². The quantitative estimate of drug-likeness (QED) is 0.621. The number of benzene rings is 2. The Morgan fingerprint density at radius 3 is 1.95 bits per heavy atom. The largest absolute Gasteiger partial charge is 0.424 e. The van der Waals surface area contributed by atoms with Crippen molar-refractivity contribution in [1.29, 1.82) is 0 Å². The Morgan fingerprint density at radius 2 is 1.45 bits per heavy atom. The summed E-state index contributed by atoms with van der Waals surface area (Å²) in [5.74, 6) is 0. The maximum atomic E-state index is 5.36. The van der Waals surface area contributed by atoms with Crippen molar-refractivity contribution in [1.82, 2.24) is 4.98 Å². The van der Waals surface area contributed by atoms with Gasteiger partial charge in [0.1, 0.15) is 5.52 Å². The fourth-order valence-electron chi connectivity index (χ4n) is 1.43. The van der Waals surface area contributed by atoms with Gasteiger partial charge in [0.05, 0.1) is 0 Å². The van der Waals surface area contributed by atoms with Gasteiger partial charge in [-0.15, -0.1) is 0 Å². The standard InChI is InChI=1S/C8H8N2O.C6H6.C2H6.CH4/c1-5-2-3-6-7(4-5)11-8(9)10-6;1-2-4-6-5-3-1;1-2;/h2-4H,1H3,(H2,9,10);1-6H;1-2H3;1H4. The summed E-state index contributed by atoms with van der Waals surface area (Å²) in [5.41, 5.74) is 8.08. The molecule has 3 nitrogen and oxygen atoms in total. The number of oxazole rings is 1. The molecule has 2 aromatic carbocycles. The van der Waals surface area contributed by atoms with E-state index in [9.17, 15) is 0 Å². The van der Waals surface area contributed by atoms with E-state index >= 15 is 0 Å². The van der Waals surface area contributed by atoms with Crippen LogP contribution in [0, 0.1) is 6.92 Å². The zero-order chi connectivity index (χ0) is 14.1. The van der Waals surface area contributed by atoms with E-state index in [2.05, 4.69) is 4.98 Å². The van der Waals surface area contributed by atoms with Gasteiger partial charge in [0.15, 0.2) is 5.58 Å². The Labute approximate surface area is 121 Å². The molecule has 1 aromatic heterocycles. The van der Waals surface area contributed by atoms with Gasteiger partial charge in [-0.05, 0) is 24.6 Å². The molecule has 0 saturated heterocycles. The normalized spacial score (nSPS) is 8.55. The molecule has 0 atom stereocenters. The van der Waals surface area contributed by atoms with Gasteiger partial charge < -0.3 is 10.2 Å². The molecule has 0 bridgehead atoms. The van der Waals surface area contributed by atoms with E-state index in [-0.39, 0.29) is 13.4 Å². The maximum absolute atomic E-state index is 5.36. The lowest BCUT2D eigenvalue weighted by atomic mass is 10.2. The predicted octanol–water partition coefficient (Wildman–Crippen LogP) is 5.07. The van der Waals surface area contributed by atoms with Gasteiger partial charge >= 0.3 is 0 Å². The van der Waals surface area contributed by atoms with Crippen molar-refractivity contribution in [3.8, 4) is 0 Å². The summed E-state index contributed by atoms with van der Waals surface area (Å²) in [4.78, 5) is 3.97. The molecule has 3 heteroatoms. The van der Waals surface area contributed by atoms with Gasteiger partial charge in [0.2, 0.25) is 0 Å². The van der Waals surface area contributed by atoms with Gasteiger partial charge in [0.25, 0.3) is 6.01 Å². The molecule has 108 valence electrons. The first-order valence-electron chi connectivity index (χ1n) is 6.38. The molecule has 2 N–H and O–H groups in total. The second-order valence-corrected chi connectivity index (χ2v) is 3.68. The van der Waals surface area contributed by atoms with Crippen LogP contribution in [0.3, 0.4) is 0 Å². The van der Waals surface area contributed by atoms with Gasteiger partial charge in [0, 0.05) is 0 Å². The van der Waals surface area contributed by atoms with E-state index in [1.807, 2.05) is 75.4 Å². The van der Waals surface area contributed by atoms with E-state index in [4.69, 9.17) is 10.2 Å². The summed E-state index contributed by atoms with van der Waals surface area (Å²) in [6, 6.07) is 18.0. The number of aromatic nitrogens is 1. The van der Waals surface area contributed by atoms with Crippen LogP contribution in [-0.2, 0) is 0 Å². The highest BCUT2D eigenvalue weighted by molar-refractivity contribution is 5.74. The number of fused-ring (bicyclic) bond motifs is 1. The monoisotopic (exact) mass is 272 g/mol. The number of anilines is 1. The fourth-order valence-corrected chi connectivity index (χ4v) is 1.43. The molecular formula is C17H24N2O. The lowest BCUT2D eigenvalue weighted by Crippen LogP contribution is -1.80. The number of aryl methyl sites for hydroxylation is 1. The van der Waals surface area contributed by atoms with Gasteiger partial charge in [-0.3, -0.25) is 0 Å². The first-order chi connectivity index (χ1) is 9.25. The molecule has 0 aliphatic carbocycles. The molecule has 0 amide bonds. The molecule has 0 aliphatic rings. The zero-order valence-electron chi connectivity index (χ0n) is 11.6. The Hall–Kier alpha value is -2.29. The maximum Gasteiger partial charge on any atom is 0.292 e. The second kappa shape index (κ2) is 9.62. The minimum Gasteiger partial charge on any atom is -0.424 e. The molecule has 20 heavy (non-hydrogen) atoms. The van der Waals surface area contributed by atoms with Crippen molar-refractivity contribution >= 4 is 17.1 Å². The van der Waals surface area contributed by atoms with Crippen LogP contribution in [0.2, 0.25) is 0 Å². The lowest BCUT2D eigenvalue weighted by molar-refractivity contribution is 0.626. The molecule has 0 unspecified atom stereocenters. The molecule has 3 aromatic rings. The number of nitrogen functional groups attached to an aromatic ring is 1. The second-order valence-electron chi connectivity index (χ2n) is 3.68. The first-order valence-corrected chi connectivity index (χ1v) is 6.38. The molecule has 1 heterocycles. The van der Waals surface area contributed by atoms with Crippen molar-refractivity contribution in [3.63, 3.8) is 0 Å². The van der Waals surface area contributed by atoms with Crippen LogP contribution in [0.15, 0.2) is 59.0 Å². The third-order valence-electron chi connectivity index (χ3n) is 2.23. The van der Waals surface area contributed by atoms with Crippen molar-refractivity contribution in [2.24, 2.45) is 0 Å². The minimum atomic E-state index is 0. The lowest BCUT2D eigenvalue weighted by Gasteiger charge is -1.87. The Morgan fingerprint density at radius 1 is 0.950 bits per heavy atom. The summed E-state index contributed by atoms with van der Waals surface area (Å²) < 4.78 is 5.12. The predicted molar refractivity (Wildman–Crippen MR) is 87.7 cm³/mol. The summed E-state index contributed by atoms with van der Waals surface area (Å²) in [7, 11) is 0. The summed E-state index contributed by atoms with van der Waals surface area (Å²) in [5, 5.41) is 0. The van der Waals surface area contributed by atoms with Crippen LogP contribution in [0.25, 0.3) is 11.1 Å². The number of nitrogens with two attached hydrogens (primary N) is 1. The fraction of sp³-hybridized carbons (Fsp3) is 0.235. The summed E-state index contributed by atoms with van der Waals surface area (Å²) in [6.07, 6.45) is 0. The smallest absolute Gasteiger partial charge is 0.292 e. The third-order valence-corrected chi connectivity index (χ3v) is 2.23. The average Bonchev–Trinajstić information content (AvgIpc) is 2.83. The van der Waals surface area contributed by atoms with E-state index in [0.717, 1.165) is 16.7 Å². The van der Waals surface area contributed by atoms with Crippen molar-refractivity contribution in [3.05, 3.63) is 60.2 Å². The topological polar surface area (TPSA) is 52.0 Å².